The average molecular weight is 328 g/mol. The summed E-state index contributed by atoms with van der Waals surface area (Å²) in [4.78, 5) is 13.6. The van der Waals surface area contributed by atoms with Gasteiger partial charge in [-0.05, 0) is 52.9 Å². The number of esters is 1. The van der Waals surface area contributed by atoms with Gasteiger partial charge in [-0.3, -0.25) is 0 Å². The molecular formula is C14H18BrNO3. The Balaban J connectivity index is 2.19. The number of aliphatic hydroxyl groups excluding tert-OH is 1. The van der Waals surface area contributed by atoms with E-state index in [1.54, 1.807) is 12.1 Å². The van der Waals surface area contributed by atoms with Gasteiger partial charge in [0.2, 0.25) is 0 Å². The number of hydrogen-bond acceptors (Lipinski definition) is 4. The summed E-state index contributed by atoms with van der Waals surface area (Å²) in [6.07, 6.45) is 2.47. The maximum absolute atomic E-state index is 11.3. The van der Waals surface area contributed by atoms with Crippen LogP contribution in [0, 0.1) is 0 Å². The van der Waals surface area contributed by atoms with Crippen LogP contribution in [0.4, 0.5) is 5.69 Å². The molecule has 5 heteroatoms. The van der Waals surface area contributed by atoms with Gasteiger partial charge in [0, 0.05) is 17.6 Å². The van der Waals surface area contributed by atoms with Crippen LogP contribution in [0.15, 0.2) is 22.7 Å². The molecule has 1 heterocycles. The Kier molecular flexibility index (Phi) is 4.82. The number of halogens is 1. The van der Waals surface area contributed by atoms with E-state index in [2.05, 4.69) is 25.6 Å². The minimum Gasteiger partial charge on any atom is -0.467 e. The molecule has 1 unspecified atom stereocenters. The van der Waals surface area contributed by atoms with E-state index in [0.717, 1.165) is 23.2 Å². The Bertz CT molecular complexity index is 458. The second kappa shape index (κ2) is 6.39. The number of benzene rings is 1. The third-order valence-corrected chi connectivity index (χ3v) is 4.04. The van der Waals surface area contributed by atoms with Gasteiger partial charge in [0.25, 0.3) is 0 Å². The van der Waals surface area contributed by atoms with Gasteiger partial charge in [0.1, 0.15) is 0 Å². The predicted molar refractivity (Wildman–Crippen MR) is 77.2 cm³/mol. The Morgan fingerprint density at radius 1 is 1.37 bits per heavy atom. The molecule has 1 atom stereocenters. The third-order valence-electron chi connectivity index (χ3n) is 3.41. The topological polar surface area (TPSA) is 49.8 Å². The van der Waals surface area contributed by atoms with Gasteiger partial charge in [-0.1, -0.05) is 6.07 Å². The summed E-state index contributed by atoms with van der Waals surface area (Å²) in [5.41, 5.74) is 1.65. The number of rotatable bonds is 3. The van der Waals surface area contributed by atoms with Crippen molar-refractivity contribution in [3.8, 4) is 0 Å². The lowest BCUT2D eigenvalue weighted by atomic mass is 10.1. The maximum Gasteiger partial charge on any atom is 0.339 e. The number of nitrogens with zero attached hydrogens (tertiary/aromatic N) is 1. The number of hydrogen-bond donors (Lipinski definition) is 1. The highest BCUT2D eigenvalue weighted by atomic mass is 79.9. The molecule has 19 heavy (non-hydrogen) atoms. The molecule has 1 aliphatic rings. The predicted octanol–water partition coefficient (Wildman–Crippen LogP) is 2.65. The van der Waals surface area contributed by atoms with Gasteiger partial charge in [0.05, 0.1) is 12.8 Å². The average Bonchev–Trinajstić information content (AvgIpc) is 2.46. The molecule has 104 valence electrons. The molecule has 1 aromatic rings. The van der Waals surface area contributed by atoms with E-state index in [9.17, 15) is 9.90 Å². The first kappa shape index (κ1) is 14.3. The number of carbonyl (C=O) groups is 1. The number of methoxy groups -OCH3 is 1. The van der Waals surface area contributed by atoms with Gasteiger partial charge in [0.15, 0.2) is 6.10 Å². The molecule has 0 saturated carbocycles. The smallest absolute Gasteiger partial charge is 0.339 e. The summed E-state index contributed by atoms with van der Waals surface area (Å²) < 4.78 is 5.44. The minimum atomic E-state index is -1.23. The molecule has 4 nitrogen and oxygen atoms in total. The second-order valence-corrected chi connectivity index (χ2v) is 5.54. The van der Waals surface area contributed by atoms with Gasteiger partial charge < -0.3 is 14.7 Å². The van der Waals surface area contributed by atoms with E-state index >= 15 is 0 Å². The number of carbonyl (C=O) groups excluding carboxylic acids is 1. The molecule has 0 amide bonds. The number of ether oxygens (including phenoxy) is 1. The first-order valence-corrected chi connectivity index (χ1v) is 7.23. The molecule has 1 saturated heterocycles. The van der Waals surface area contributed by atoms with Crippen molar-refractivity contribution in [2.75, 3.05) is 25.1 Å². The maximum atomic E-state index is 11.3. The van der Waals surface area contributed by atoms with Crippen LogP contribution < -0.4 is 4.90 Å². The highest BCUT2D eigenvalue weighted by molar-refractivity contribution is 9.10. The van der Waals surface area contributed by atoms with Crippen molar-refractivity contribution in [3.05, 3.63) is 28.2 Å². The minimum absolute atomic E-state index is 0.541. The standard InChI is InChI=1S/C14H18BrNO3/c1-19-14(18)13(17)10-5-6-12(11(15)9-10)16-7-3-2-4-8-16/h5-6,9,13,17H,2-4,7-8H2,1H3. The number of piperidine rings is 1. The summed E-state index contributed by atoms with van der Waals surface area (Å²) in [5.74, 6) is -0.641. The largest absolute Gasteiger partial charge is 0.467 e. The van der Waals surface area contributed by atoms with Crippen molar-refractivity contribution in [3.63, 3.8) is 0 Å². The van der Waals surface area contributed by atoms with Gasteiger partial charge in [-0.2, -0.15) is 0 Å². The van der Waals surface area contributed by atoms with Crippen LogP contribution in [0.2, 0.25) is 0 Å². The summed E-state index contributed by atoms with van der Waals surface area (Å²) in [6, 6.07) is 5.50. The first-order chi connectivity index (χ1) is 9.13. The normalized spacial score (nSPS) is 17.1. The van der Waals surface area contributed by atoms with Crippen LogP contribution in [-0.4, -0.2) is 31.3 Å². The van der Waals surface area contributed by atoms with E-state index < -0.39 is 12.1 Å². The van der Waals surface area contributed by atoms with E-state index in [1.807, 2.05) is 6.07 Å². The van der Waals surface area contributed by atoms with Crippen molar-refractivity contribution in [1.29, 1.82) is 0 Å². The first-order valence-electron chi connectivity index (χ1n) is 6.44. The zero-order valence-electron chi connectivity index (χ0n) is 10.9. The molecule has 0 radical (unpaired) electrons. The second-order valence-electron chi connectivity index (χ2n) is 4.68. The fraction of sp³-hybridized carbons (Fsp3) is 0.500. The van der Waals surface area contributed by atoms with Gasteiger partial charge in [-0.15, -0.1) is 0 Å². The quantitative estimate of drug-likeness (QED) is 0.867. The van der Waals surface area contributed by atoms with Crippen LogP contribution >= 0.6 is 15.9 Å². The Labute approximate surface area is 121 Å². The molecule has 1 aromatic carbocycles. The number of anilines is 1. The van der Waals surface area contributed by atoms with Crippen molar-refractivity contribution in [2.24, 2.45) is 0 Å². The van der Waals surface area contributed by atoms with Crippen molar-refractivity contribution < 1.29 is 14.6 Å². The summed E-state index contributed by atoms with van der Waals surface area (Å²) in [5, 5.41) is 9.81. The summed E-state index contributed by atoms with van der Waals surface area (Å²) in [7, 11) is 1.27. The highest BCUT2D eigenvalue weighted by Gasteiger charge is 2.20. The molecule has 0 spiro atoms. The van der Waals surface area contributed by atoms with Crippen molar-refractivity contribution in [1.82, 2.24) is 0 Å². The molecule has 1 fully saturated rings. The molecular weight excluding hydrogens is 310 g/mol. The molecule has 2 rings (SSSR count). The molecule has 1 aliphatic heterocycles. The third kappa shape index (κ3) is 3.28. The van der Waals surface area contributed by atoms with Gasteiger partial charge >= 0.3 is 5.97 Å². The zero-order chi connectivity index (χ0) is 13.8. The van der Waals surface area contributed by atoms with Crippen molar-refractivity contribution >= 4 is 27.6 Å². The van der Waals surface area contributed by atoms with Crippen LogP contribution in [0.25, 0.3) is 0 Å². The van der Waals surface area contributed by atoms with Crippen LogP contribution in [0.3, 0.4) is 0 Å². The molecule has 0 aromatic heterocycles. The fourth-order valence-corrected chi connectivity index (χ4v) is 2.98. The van der Waals surface area contributed by atoms with Crippen molar-refractivity contribution in [2.45, 2.75) is 25.4 Å². The molecule has 0 aliphatic carbocycles. The van der Waals surface area contributed by atoms with Crippen LogP contribution in [0.5, 0.6) is 0 Å². The van der Waals surface area contributed by atoms with E-state index in [4.69, 9.17) is 0 Å². The van der Waals surface area contributed by atoms with Crippen LogP contribution in [0.1, 0.15) is 30.9 Å². The molecule has 1 N–H and O–H groups in total. The lowest BCUT2D eigenvalue weighted by molar-refractivity contribution is -0.150. The lowest BCUT2D eigenvalue weighted by Gasteiger charge is -2.30. The Morgan fingerprint density at radius 3 is 2.63 bits per heavy atom. The van der Waals surface area contributed by atoms with Gasteiger partial charge in [-0.25, -0.2) is 4.79 Å². The number of aliphatic hydroxyl groups is 1. The zero-order valence-corrected chi connectivity index (χ0v) is 12.5. The summed E-state index contributed by atoms with van der Waals surface area (Å²) >= 11 is 3.52. The Hall–Kier alpha value is -1.07. The lowest BCUT2D eigenvalue weighted by Crippen LogP contribution is -2.29. The Morgan fingerprint density at radius 2 is 2.05 bits per heavy atom. The van der Waals surface area contributed by atoms with E-state index in [0.29, 0.717) is 5.56 Å². The fourth-order valence-electron chi connectivity index (χ4n) is 2.33. The molecule has 0 bridgehead atoms. The monoisotopic (exact) mass is 327 g/mol. The van der Waals surface area contributed by atoms with Crippen LogP contribution in [-0.2, 0) is 9.53 Å². The summed E-state index contributed by atoms with van der Waals surface area (Å²) in [6.45, 7) is 2.11. The van der Waals surface area contributed by atoms with E-state index in [1.165, 1.54) is 26.4 Å². The van der Waals surface area contributed by atoms with E-state index in [-0.39, 0.29) is 0 Å². The highest BCUT2D eigenvalue weighted by Crippen LogP contribution is 2.31. The SMILES string of the molecule is COC(=O)C(O)c1ccc(N2CCCCC2)c(Br)c1.